The van der Waals surface area contributed by atoms with Crippen LogP contribution >= 0.6 is 15.9 Å². The molecule has 0 spiro atoms. The van der Waals surface area contributed by atoms with Crippen molar-refractivity contribution < 1.29 is 9.47 Å². The fourth-order valence-corrected chi connectivity index (χ4v) is 2.02. The SMILES string of the molecule is COc1ccc(CCN)c(OC)c1Br. The van der Waals surface area contributed by atoms with E-state index < -0.39 is 0 Å². The first-order valence-electron chi connectivity index (χ1n) is 4.34. The van der Waals surface area contributed by atoms with Crippen molar-refractivity contribution in [3.8, 4) is 11.5 Å². The Balaban J connectivity index is 3.14. The standard InChI is InChI=1S/C10H14BrNO2/c1-13-8-4-3-7(5-6-12)10(14-2)9(8)11/h3-4H,5-6,12H2,1-2H3. The molecule has 0 heterocycles. The number of rotatable bonds is 4. The average molecular weight is 260 g/mol. The van der Waals surface area contributed by atoms with Crippen molar-refractivity contribution in [3.05, 3.63) is 22.2 Å². The predicted octanol–water partition coefficient (Wildman–Crippen LogP) is 1.97. The van der Waals surface area contributed by atoms with Crippen molar-refractivity contribution >= 4 is 15.9 Å². The van der Waals surface area contributed by atoms with E-state index in [4.69, 9.17) is 15.2 Å². The second-order valence-corrected chi connectivity index (χ2v) is 3.61. The highest BCUT2D eigenvalue weighted by Crippen LogP contribution is 2.37. The molecule has 0 aliphatic carbocycles. The third-order valence-electron chi connectivity index (χ3n) is 1.98. The fourth-order valence-electron chi connectivity index (χ4n) is 1.31. The summed E-state index contributed by atoms with van der Waals surface area (Å²) in [5, 5.41) is 0. The zero-order valence-electron chi connectivity index (χ0n) is 8.34. The maximum atomic E-state index is 5.50. The number of ether oxygens (including phenoxy) is 2. The summed E-state index contributed by atoms with van der Waals surface area (Å²) >= 11 is 3.43. The van der Waals surface area contributed by atoms with Crippen LogP contribution in [0.25, 0.3) is 0 Å². The number of benzene rings is 1. The van der Waals surface area contributed by atoms with E-state index in [0.29, 0.717) is 6.54 Å². The highest BCUT2D eigenvalue weighted by molar-refractivity contribution is 9.10. The van der Waals surface area contributed by atoms with Crippen LogP contribution in [0.4, 0.5) is 0 Å². The third kappa shape index (κ3) is 2.19. The van der Waals surface area contributed by atoms with Gasteiger partial charge in [-0.3, -0.25) is 0 Å². The van der Waals surface area contributed by atoms with Crippen LogP contribution in [0.5, 0.6) is 11.5 Å². The smallest absolute Gasteiger partial charge is 0.140 e. The predicted molar refractivity (Wildman–Crippen MR) is 60.0 cm³/mol. The van der Waals surface area contributed by atoms with Crippen LogP contribution in [0.3, 0.4) is 0 Å². The first-order valence-corrected chi connectivity index (χ1v) is 5.13. The lowest BCUT2D eigenvalue weighted by molar-refractivity contribution is 0.386. The van der Waals surface area contributed by atoms with E-state index in [1.54, 1.807) is 14.2 Å². The highest BCUT2D eigenvalue weighted by Gasteiger charge is 2.11. The summed E-state index contributed by atoms with van der Waals surface area (Å²) in [5.74, 6) is 1.57. The Morgan fingerprint density at radius 3 is 2.50 bits per heavy atom. The Labute approximate surface area is 92.3 Å². The van der Waals surface area contributed by atoms with Gasteiger partial charge in [0.25, 0.3) is 0 Å². The number of methoxy groups -OCH3 is 2. The van der Waals surface area contributed by atoms with Crippen molar-refractivity contribution in [1.29, 1.82) is 0 Å². The molecule has 0 radical (unpaired) electrons. The van der Waals surface area contributed by atoms with Crippen molar-refractivity contribution in [2.24, 2.45) is 5.73 Å². The van der Waals surface area contributed by atoms with E-state index in [9.17, 15) is 0 Å². The van der Waals surface area contributed by atoms with Crippen LogP contribution in [0.1, 0.15) is 5.56 Å². The Bertz CT molecular complexity index is 315. The molecule has 4 heteroatoms. The number of hydrogen-bond acceptors (Lipinski definition) is 3. The average Bonchev–Trinajstić information content (AvgIpc) is 2.19. The second kappa shape index (κ2) is 5.22. The van der Waals surface area contributed by atoms with Gasteiger partial charge in [0.05, 0.1) is 14.2 Å². The minimum atomic E-state index is 0.606. The van der Waals surface area contributed by atoms with E-state index in [2.05, 4.69) is 15.9 Å². The summed E-state index contributed by atoms with van der Waals surface area (Å²) in [7, 11) is 3.27. The van der Waals surface area contributed by atoms with Gasteiger partial charge in [0.2, 0.25) is 0 Å². The molecule has 1 aromatic carbocycles. The van der Waals surface area contributed by atoms with Crippen molar-refractivity contribution in [1.82, 2.24) is 0 Å². The summed E-state index contributed by atoms with van der Waals surface area (Å²) in [6.07, 6.45) is 0.797. The Morgan fingerprint density at radius 2 is 2.00 bits per heavy atom. The fraction of sp³-hybridized carbons (Fsp3) is 0.400. The molecule has 78 valence electrons. The molecule has 0 amide bonds. The molecule has 14 heavy (non-hydrogen) atoms. The quantitative estimate of drug-likeness (QED) is 0.900. The van der Waals surface area contributed by atoms with Crippen LogP contribution in [0.15, 0.2) is 16.6 Å². The monoisotopic (exact) mass is 259 g/mol. The third-order valence-corrected chi connectivity index (χ3v) is 2.73. The maximum absolute atomic E-state index is 5.50. The summed E-state index contributed by atoms with van der Waals surface area (Å²) < 4.78 is 11.3. The van der Waals surface area contributed by atoms with Gasteiger partial charge in [0.1, 0.15) is 16.0 Å². The van der Waals surface area contributed by atoms with E-state index in [-0.39, 0.29) is 0 Å². The summed E-state index contributed by atoms with van der Waals surface area (Å²) in [4.78, 5) is 0. The Hall–Kier alpha value is -0.740. The van der Waals surface area contributed by atoms with E-state index >= 15 is 0 Å². The molecule has 0 aromatic heterocycles. The van der Waals surface area contributed by atoms with Gasteiger partial charge in [-0.1, -0.05) is 6.07 Å². The summed E-state index contributed by atoms with van der Waals surface area (Å²) in [5.41, 5.74) is 6.59. The molecule has 3 nitrogen and oxygen atoms in total. The molecule has 0 unspecified atom stereocenters. The first-order chi connectivity index (χ1) is 6.74. The zero-order valence-corrected chi connectivity index (χ0v) is 9.93. The summed E-state index contributed by atoms with van der Waals surface area (Å²) in [6, 6.07) is 3.87. The molecular weight excluding hydrogens is 246 g/mol. The van der Waals surface area contributed by atoms with Crippen LogP contribution < -0.4 is 15.2 Å². The lowest BCUT2D eigenvalue weighted by Gasteiger charge is -2.12. The molecule has 0 fully saturated rings. The molecule has 0 bridgehead atoms. The molecular formula is C10H14BrNO2. The van der Waals surface area contributed by atoms with Crippen LogP contribution in [0, 0.1) is 0 Å². The number of hydrogen-bond donors (Lipinski definition) is 1. The maximum Gasteiger partial charge on any atom is 0.140 e. The van der Waals surface area contributed by atoms with Crippen LogP contribution in [0.2, 0.25) is 0 Å². The highest BCUT2D eigenvalue weighted by atomic mass is 79.9. The minimum absolute atomic E-state index is 0.606. The van der Waals surface area contributed by atoms with Crippen LogP contribution in [-0.2, 0) is 6.42 Å². The van der Waals surface area contributed by atoms with Gasteiger partial charge in [-0.15, -0.1) is 0 Å². The van der Waals surface area contributed by atoms with Gasteiger partial charge in [-0.2, -0.15) is 0 Å². The normalized spacial score (nSPS) is 10.0. The van der Waals surface area contributed by atoms with Crippen molar-refractivity contribution in [3.63, 3.8) is 0 Å². The number of nitrogens with two attached hydrogens (primary N) is 1. The minimum Gasteiger partial charge on any atom is -0.495 e. The Morgan fingerprint density at radius 1 is 1.29 bits per heavy atom. The molecule has 0 saturated carbocycles. The van der Waals surface area contributed by atoms with Crippen molar-refractivity contribution in [2.45, 2.75) is 6.42 Å². The second-order valence-electron chi connectivity index (χ2n) is 2.81. The van der Waals surface area contributed by atoms with E-state index in [0.717, 1.165) is 28.0 Å². The molecule has 0 atom stereocenters. The lowest BCUT2D eigenvalue weighted by atomic mass is 10.1. The number of halogens is 1. The van der Waals surface area contributed by atoms with E-state index in [1.807, 2.05) is 12.1 Å². The molecule has 0 aliphatic rings. The van der Waals surface area contributed by atoms with Gasteiger partial charge in [0, 0.05) is 0 Å². The molecule has 0 aliphatic heterocycles. The van der Waals surface area contributed by atoms with E-state index in [1.165, 1.54) is 0 Å². The largest absolute Gasteiger partial charge is 0.495 e. The van der Waals surface area contributed by atoms with Gasteiger partial charge in [-0.25, -0.2) is 0 Å². The Kier molecular flexibility index (Phi) is 4.22. The zero-order chi connectivity index (χ0) is 10.6. The molecule has 2 N–H and O–H groups in total. The topological polar surface area (TPSA) is 44.5 Å². The first kappa shape index (κ1) is 11.3. The van der Waals surface area contributed by atoms with Gasteiger partial charge in [-0.05, 0) is 40.5 Å². The molecule has 1 rings (SSSR count). The molecule has 0 saturated heterocycles. The lowest BCUT2D eigenvalue weighted by Crippen LogP contribution is -2.05. The van der Waals surface area contributed by atoms with Crippen molar-refractivity contribution in [2.75, 3.05) is 20.8 Å². The van der Waals surface area contributed by atoms with Gasteiger partial charge < -0.3 is 15.2 Å². The molecule has 1 aromatic rings. The summed E-state index contributed by atoms with van der Waals surface area (Å²) in [6.45, 7) is 0.606. The van der Waals surface area contributed by atoms with Crippen LogP contribution in [-0.4, -0.2) is 20.8 Å². The van der Waals surface area contributed by atoms with Gasteiger partial charge >= 0.3 is 0 Å². The van der Waals surface area contributed by atoms with Gasteiger partial charge in [0.15, 0.2) is 0 Å².